The first-order valence-electron chi connectivity index (χ1n) is 5.27. The molecular weight excluding hydrogens is 222 g/mol. The van der Waals surface area contributed by atoms with Crippen molar-refractivity contribution < 1.29 is 0 Å². The zero-order chi connectivity index (χ0) is 12.8. The molecule has 1 atom stereocenters. The van der Waals surface area contributed by atoms with E-state index in [9.17, 15) is 9.59 Å². The van der Waals surface area contributed by atoms with Crippen molar-refractivity contribution in [3.63, 3.8) is 0 Å². The standard InChI is InChI=1S/C10H15N5O2/c1-10(2,3)5(11)7-12-4-6(13-7)14-9(17)15-8(4)16/h5H,11H2,1-3H3,(H3,12,13,14,15,16,17). The number of fused-ring (bicyclic) bond motifs is 1. The van der Waals surface area contributed by atoms with Gasteiger partial charge in [-0.15, -0.1) is 0 Å². The summed E-state index contributed by atoms with van der Waals surface area (Å²) in [7, 11) is 0. The Morgan fingerprint density at radius 1 is 1.18 bits per heavy atom. The number of aromatic nitrogens is 4. The number of hydrogen-bond acceptors (Lipinski definition) is 4. The summed E-state index contributed by atoms with van der Waals surface area (Å²) in [5.74, 6) is 0.486. The summed E-state index contributed by atoms with van der Waals surface area (Å²) in [5, 5.41) is 0. The quantitative estimate of drug-likeness (QED) is 0.557. The second kappa shape index (κ2) is 3.56. The molecule has 0 amide bonds. The maximum absolute atomic E-state index is 11.5. The van der Waals surface area contributed by atoms with Gasteiger partial charge in [-0.1, -0.05) is 20.8 Å². The summed E-state index contributed by atoms with van der Waals surface area (Å²) in [6.45, 7) is 5.91. The van der Waals surface area contributed by atoms with E-state index in [0.717, 1.165) is 0 Å². The average Bonchev–Trinajstić information content (AvgIpc) is 2.58. The number of imidazole rings is 1. The Hall–Kier alpha value is -1.89. The Balaban J connectivity index is 2.64. The molecular formula is C10H15N5O2. The molecule has 0 fully saturated rings. The molecule has 0 bridgehead atoms. The number of nitrogens with two attached hydrogens (primary N) is 1. The van der Waals surface area contributed by atoms with Crippen LogP contribution in [0.2, 0.25) is 0 Å². The Morgan fingerprint density at radius 3 is 2.41 bits per heavy atom. The highest BCUT2D eigenvalue weighted by Crippen LogP contribution is 2.28. The van der Waals surface area contributed by atoms with Gasteiger partial charge in [0.15, 0.2) is 5.65 Å². The van der Waals surface area contributed by atoms with Crippen LogP contribution >= 0.6 is 0 Å². The fourth-order valence-corrected chi connectivity index (χ4v) is 1.51. The third kappa shape index (κ3) is 2.01. The first-order valence-corrected chi connectivity index (χ1v) is 5.27. The summed E-state index contributed by atoms with van der Waals surface area (Å²) in [6.07, 6.45) is 0. The number of H-pyrrole nitrogens is 3. The predicted molar refractivity (Wildman–Crippen MR) is 63.7 cm³/mol. The molecule has 0 aromatic carbocycles. The van der Waals surface area contributed by atoms with E-state index in [1.807, 2.05) is 20.8 Å². The Morgan fingerprint density at radius 2 is 1.82 bits per heavy atom. The summed E-state index contributed by atoms with van der Waals surface area (Å²) in [4.78, 5) is 34.1. The minimum Gasteiger partial charge on any atom is -0.335 e. The number of nitrogens with zero attached hydrogens (tertiary/aromatic N) is 1. The second-order valence-corrected chi connectivity index (χ2v) is 5.10. The van der Waals surface area contributed by atoms with Crippen molar-refractivity contribution in [2.75, 3.05) is 0 Å². The van der Waals surface area contributed by atoms with Crippen LogP contribution in [0.4, 0.5) is 0 Å². The van der Waals surface area contributed by atoms with Crippen molar-refractivity contribution in [1.29, 1.82) is 0 Å². The fourth-order valence-electron chi connectivity index (χ4n) is 1.51. The maximum Gasteiger partial charge on any atom is 0.327 e. The SMILES string of the molecule is CC(C)(C)C(N)c1nc2[nH]c(=O)[nH]c(=O)c2[nH]1. The molecule has 2 aromatic rings. The van der Waals surface area contributed by atoms with Gasteiger partial charge in [0.25, 0.3) is 5.56 Å². The van der Waals surface area contributed by atoms with E-state index in [-0.39, 0.29) is 22.6 Å². The molecule has 0 saturated carbocycles. The van der Waals surface area contributed by atoms with Gasteiger partial charge >= 0.3 is 5.69 Å². The molecule has 0 radical (unpaired) electrons. The highest BCUT2D eigenvalue weighted by Gasteiger charge is 2.25. The first-order chi connectivity index (χ1) is 7.79. The lowest BCUT2D eigenvalue weighted by Crippen LogP contribution is -2.27. The van der Waals surface area contributed by atoms with Crippen molar-refractivity contribution in [2.45, 2.75) is 26.8 Å². The van der Waals surface area contributed by atoms with Gasteiger partial charge in [0.05, 0.1) is 6.04 Å². The molecule has 0 aliphatic heterocycles. The van der Waals surface area contributed by atoms with Crippen LogP contribution in [0, 0.1) is 5.41 Å². The van der Waals surface area contributed by atoms with Gasteiger partial charge in [-0.3, -0.25) is 14.8 Å². The third-order valence-corrected chi connectivity index (χ3v) is 2.64. The lowest BCUT2D eigenvalue weighted by atomic mass is 9.87. The van der Waals surface area contributed by atoms with Crippen LogP contribution in [0.1, 0.15) is 32.6 Å². The van der Waals surface area contributed by atoms with Gasteiger partial charge in [0.2, 0.25) is 0 Å². The lowest BCUT2D eigenvalue weighted by molar-refractivity contribution is 0.317. The van der Waals surface area contributed by atoms with Crippen molar-refractivity contribution in [1.82, 2.24) is 19.9 Å². The molecule has 5 N–H and O–H groups in total. The van der Waals surface area contributed by atoms with Crippen LogP contribution in [0.3, 0.4) is 0 Å². The smallest absolute Gasteiger partial charge is 0.327 e. The van der Waals surface area contributed by atoms with E-state index in [1.54, 1.807) is 0 Å². The minimum atomic E-state index is -0.579. The summed E-state index contributed by atoms with van der Waals surface area (Å²) < 4.78 is 0. The van der Waals surface area contributed by atoms with Crippen LogP contribution in [0.25, 0.3) is 11.2 Å². The van der Waals surface area contributed by atoms with Crippen molar-refractivity contribution in [3.8, 4) is 0 Å². The van der Waals surface area contributed by atoms with Crippen LogP contribution in [-0.4, -0.2) is 19.9 Å². The predicted octanol–water partition coefficient (Wildman–Crippen LogP) is -0.0146. The monoisotopic (exact) mass is 237 g/mol. The molecule has 92 valence electrons. The molecule has 0 aliphatic rings. The number of hydrogen-bond donors (Lipinski definition) is 4. The zero-order valence-corrected chi connectivity index (χ0v) is 9.92. The molecule has 0 spiro atoms. The van der Waals surface area contributed by atoms with E-state index in [0.29, 0.717) is 5.82 Å². The fraction of sp³-hybridized carbons (Fsp3) is 0.500. The summed E-state index contributed by atoms with van der Waals surface area (Å²) in [5.41, 5.74) is 5.22. The van der Waals surface area contributed by atoms with Gasteiger partial charge in [0.1, 0.15) is 11.3 Å². The van der Waals surface area contributed by atoms with Gasteiger partial charge in [0, 0.05) is 0 Å². The van der Waals surface area contributed by atoms with Crippen LogP contribution in [0.5, 0.6) is 0 Å². The summed E-state index contributed by atoms with van der Waals surface area (Å²) in [6, 6.07) is -0.349. The highest BCUT2D eigenvalue weighted by atomic mass is 16.2. The molecule has 0 saturated heterocycles. The third-order valence-electron chi connectivity index (χ3n) is 2.64. The van der Waals surface area contributed by atoms with E-state index < -0.39 is 11.2 Å². The number of nitrogens with one attached hydrogen (secondary N) is 3. The van der Waals surface area contributed by atoms with Gasteiger partial charge in [-0.25, -0.2) is 9.78 Å². The first kappa shape index (κ1) is 11.6. The van der Waals surface area contributed by atoms with Gasteiger partial charge in [-0.05, 0) is 5.41 Å². The average molecular weight is 237 g/mol. The number of rotatable bonds is 1. The van der Waals surface area contributed by atoms with Crippen LogP contribution in [0.15, 0.2) is 9.59 Å². The topological polar surface area (TPSA) is 120 Å². The Bertz CT molecular complexity index is 658. The van der Waals surface area contributed by atoms with Crippen LogP contribution in [-0.2, 0) is 0 Å². The maximum atomic E-state index is 11.5. The molecule has 0 aliphatic carbocycles. The molecule has 2 heterocycles. The molecule has 7 nitrogen and oxygen atoms in total. The van der Waals surface area contributed by atoms with E-state index in [4.69, 9.17) is 5.73 Å². The highest BCUT2D eigenvalue weighted by molar-refractivity contribution is 5.68. The Labute approximate surface area is 96.5 Å². The van der Waals surface area contributed by atoms with Crippen molar-refractivity contribution in [3.05, 3.63) is 26.7 Å². The normalized spacial score (nSPS) is 14.1. The minimum absolute atomic E-state index is 0.194. The van der Waals surface area contributed by atoms with Crippen molar-refractivity contribution >= 4 is 11.2 Å². The van der Waals surface area contributed by atoms with E-state index in [1.165, 1.54) is 0 Å². The molecule has 2 aromatic heterocycles. The molecule has 1 unspecified atom stereocenters. The van der Waals surface area contributed by atoms with E-state index in [2.05, 4.69) is 19.9 Å². The molecule has 2 rings (SSSR count). The van der Waals surface area contributed by atoms with Gasteiger partial charge in [-0.2, -0.15) is 0 Å². The van der Waals surface area contributed by atoms with E-state index >= 15 is 0 Å². The number of aromatic amines is 3. The summed E-state index contributed by atoms with van der Waals surface area (Å²) >= 11 is 0. The largest absolute Gasteiger partial charge is 0.335 e. The molecule has 7 heteroatoms. The van der Waals surface area contributed by atoms with Crippen LogP contribution < -0.4 is 17.0 Å². The Kier molecular flexibility index (Phi) is 2.43. The zero-order valence-electron chi connectivity index (χ0n) is 9.92. The second-order valence-electron chi connectivity index (χ2n) is 5.10. The molecule has 17 heavy (non-hydrogen) atoms. The van der Waals surface area contributed by atoms with Gasteiger partial charge < -0.3 is 10.7 Å². The lowest BCUT2D eigenvalue weighted by Gasteiger charge is -2.24. The van der Waals surface area contributed by atoms with Crippen molar-refractivity contribution in [2.24, 2.45) is 11.1 Å².